The van der Waals surface area contributed by atoms with Gasteiger partial charge in [0.25, 0.3) is 0 Å². The molecule has 2 aromatic rings. The number of halogens is 1. The van der Waals surface area contributed by atoms with Crippen molar-refractivity contribution in [2.75, 3.05) is 7.05 Å². The molecule has 36 heavy (non-hydrogen) atoms. The van der Waals surface area contributed by atoms with Crippen LogP contribution in [0.1, 0.15) is 79.7 Å². The molecule has 0 fully saturated rings. The third-order valence-corrected chi connectivity index (χ3v) is 5.56. The second-order valence-corrected chi connectivity index (χ2v) is 8.27. The van der Waals surface area contributed by atoms with Gasteiger partial charge in [-0.15, -0.1) is 0 Å². The molecule has 0 N–H and O–H groups in total. The monoisotopic (exact) mass is 490 g/mol. The Kier molecular flexibility index (Phi) is 18.4. The maximum atomic E-state index is 14.1. The number of aromatic nitrogens is 1. The van der Waals surface area contributed by atoms with Gasteiger partial charge >= 0.3 is 0 Å². The molecule has 0 saturated carbocycles. The van der Waals surface area contributed by atoms with E-state index in [-0.39, 0.29) is 5.82 Å². The standard InChI is InChI=1S/C23H23FN2.C8H18.C2H6/c1-5-17(19(7-3)16-25-4)14-18(6-2)20-12-13-26-23(15-20)21-10-8-9-11-22(21)24;1-4-6-8(3)7-5-2;1-2/h5-16H,1H2,2-4H3;8H,4-7H2,1-3H3;1-2H3/b17-14+,18-6+,19-7+,25-16?;;. The molecule has 2 rings (SSSR count). The van der Waals surface area contributed by atoms with Gasteiger partial charge in [0.15, 0.2) is 0 Å². The van der Waals surface area contributed by atoms with Crippen molar-refractivity contribution in [3.63, 3.8) is 0 Å². The molecule has 0 spiro atoms. The number of benzene rings is 1. The summed E-state index contributed by atoms with van der Waals surface area (Å²) in [4.78, 5) is 8.42. The van der Waals surface area contributed by atoms with Gasteiger partial charge in [-0.25, -0.2) is 4.39 Å². The minimum absolute atomic E-state index is 0.281. The predicted octanol–water partition coefficient (Wildman–Crippen LogP) is 10.3. The predicted molar refractivity (Wildman–Crippen MR) is 160 cm³/mol. The molecule has 1 aromatic carbocycles. The molecule has 2 nitrogen and oxygen atoms in total. The fraction of sp³-hybridized carbons (Fsp3) is 0.394. The largest absolute Gasteiger partial charge is 0.296 e. The highest BCUT2D eigenvalue weighted by atomic mass is 19.1. The molecule has 0 aliphatic heterocycles. The molecule has 0 saturated heterocycles. The Bertz CT molecular complexity index is 1010. The summed E-state index contributed by atoms with van der Waals surface area (Å²) in [6.45, 7) is 18.7. The van der Waals surface area contributed by atoms with Gasteiger partial charge < -0.3 is 0 Å². The van der Waals surface area contributed by atoms with Crippen LogP contribution < -0.4 is 0 Å². The van der Waals surface area contributed by atoms with Crippen molar-refractivity contribution in [2.24, 2.45) is 10.9 Å². The zero-order valence-corrected chi connectivity index (χ0v) is 23.8. The normalized spacial score (nSPS) is 12.1. The van der Waals surface area contributed by atoms with E-state index >= 15 is 0 Å². The van der Waals surface area contributed by atoms with Crippen LogP contribution in [-0.2, 0) is 0 Å². The van der Waals surface area contributed by atoms with Gasteiger partial charge in [0.1, 0.15) is 5.82 Å². The molecular formula is C33H47FN2. The van der Waals surface area contributed by atoms with Crippen LogP contribution in [0.25, 0.3) is 16.8 Å². The lowest BCUT2D eigenvalue weighted by atomic mass is 9.98. The summed E-state index contributed by atoms with van der Waals surface area (Å²) in [5.74, 6) is 0.682. The molecule has 0 radical (unpaired) electrons. The van der Waals surface area contributed by atoms with Crippen molar-refractivity contribution in [2.45, 2.75) is 74.1 Å². The van der Waals surface area contributed by atoms with Crippen molar-refractivity contribution in [1.82, 2.24) is 4.98 Å². The Morgan fingerprint density at radius 1 is 1.03 bits per heavy atom. The summed E-state index contributed by atoms with van der Waals surface area (Å²) < 4.78 is 14.1. The number of hydrogen-bond donors (Lipinski definition) is 0. The van der Waals surface area contributed by atoms with Crippen LogP contribution in [-0.4, -0.2) is 18.2 Å². The van der Waals surface area contributed by atoms with Crippen LogP contribution >= 0.6 is 0 Å². The van der Waals surface area contributed by atoms with Crippen molar-refractivity contribution in [3.8, 4) is 11.3 Å². The quantitative estimate of drug-likeness (QED) is 0.240. The third-order valence-electron chi connectivity index (χ3n) is 5.56. The molecule has 1 heterocycles. The zero-order valence-electron chi connectivity index (χ0n) is 23.8. The highest BCUT2D eigenvalue weighted by Gasteiger charge is 2.08. The van der Waals surface area contributed by atoms with Gasteiger partial charge in [0.05, 0.1) is 5.69 Å². The van der Waals surface area contributed by atoms with Crippen molar-refractivity contribution in [3.05, 3.63) is 96.0 Å². The summed E-state index contributed by atoms with van der Waals surface area (Å²) >= 11 is 0. The second-order valence-electron chi connectivity index (χ2n) is 8.27. The summed E-state index contributed by atoms with van der Waals surface area (Å²) in [5, 5.41) is 0. The SMILES string of the molecule is C=CC(=C\C(=C/C)c1ccnc(-c2ccccc2F)c1)/C(C=NC)=C/C.CC.CCCC(C)CCC. The molecule has 196 valence electrons. The number of pyridine rings is 1. The van der Waals surface area contributed by atoms with Gasteiger partial charge in [0, 0.05) is 25.0 Å². The first-order valence-electron chi connectivity index (χ1n) is 13.3. The van der Waals surface area contributed by atoms with Gasteiger partial charge in [-0.05, 0) is 72.4 Å². The van der Waals surface area contributed by atoms with E-state index in [1.807, 2.05) is 64.1 Å². The first-order valence-corrected chi connectivity index (χ1v) is 13.3. The van der Waals surface area contributed by atoms with Gasteiger partial charge in [-0.1, -0.05) is 97.2 Å². The van der Waals surface area contributed by atoms with Crippen LogP contribution in [0.2, 0.25) is 0 Å². The smallest absolute Gasteiger partial charge is 0.132 e. The Hall–Kier alpha value is -3.07. The topological polar surface area (TPSA) is 25.2 Å². The Balaban J connectivity index is 0.00000104. The van der Waals surface area contributed by atoms with Crippen LogP contribution in [0.15, 0.2) is 89.6 Å². The molecule has 0 atom stereocenters. The van der Waals surface area contributed by atoms with E-state index in [0.717, 1.165) is 28.2 Å². The third kappa shape index (κ3) is 11.6. The number of hydrogen-bond acceptors (Lipinski definition) is 2. The summed E-state index contributed by atoms with van der Waals surface area (Å²) in [6, 6.07) is 10.5. The van der Waals surface area contributed by atoms with Crippen LogP contribution in [0.4, 0.5) is 4.39 Å². The van der Waals surface area contributed by atoms with Crippen LogP contribution in [0, 0.1) is 11.7 Å². The second kappa shape index (κ2) is 20.2. The lowest BCUT2D eigenvalue weighted by Crippen LogP contribution is -1.93. The molecule has 1 aromatic heterocycles. The highest BCUT2D eigenvalue weighted by molar-refractivity contribution is 5.88. The van der Waals surface area contributed by atoms with Gasteiger partial charge in [-0.3, -0.25) is 9.98 Å². The average Bonchev–Trinajstić information content (AvgIpc) is 2.90. The molecule has 0 aliphatic carbocycles. The molecular weight excluding hydrogens is 443 g/mol. The van der Waals surface area contributed by atoms with E-state index in [4.69, 9.17) is 0 Å². The van der Waals surface area contributed by atoms with Gasteiger partial charge in [0.2, 0.25) is 0 Å². The van der Waals surface area contributed by atoms with E-state index in [0.29, 0.717) is 11.3 Å². The van der Waals surface area contributed by atoms with E-state index < -0.39 is 0 Å². The summed E-state index contributed by atoms with van der Waals surface area (Å²) in [6.07, 6.45) is 16.9. The average molecular weight is 491 g/mol. The lowest BCUT2D eigenvalue weighted by Gasteiger charge is -2.09. The van der Waals surface area contributed by atoms with Gasteiger partial charge in [-0.2, -0.15) is 0 Å². The first-order chi connectivity index (χ1) is 17.4. The zero-order chi connectivity index (χ0) is 27.3. The van der Waals surface area contributed by atoms with Crippen molar-refractivity contribution < 1.29 is 4.39 Å². The van der Waals surface area contributed by atoms with Crippen LogP contribution in [0.5, 0.6) is 0 Å². The minimum atomic E-state index is -0.281. The number of allylic oxidation sites excluding steroid dienone is 7. The van der Waals surface area contributed by atoms with Crippen molar-refractivity contribution >= 4 is 11.8 Å². The van der Waals surface area contributed by atoms with E-state index in [1.165, 1.54) is 31.7 Å². The number of rotatable bonds is 10. The summed E-state index contributed by atoms with van der Waals surface area (Å²) in [7, 11) is 1.74. The van der Waals surface area contributed by atoms with Crippen molar-refractivity contribution in [1.29, 1.82) is 0 Å². The lowest BCUT2D eigenvalue weighted by molar-refractivity contribution is 0.480. The number of nitrogens with zero attached hydrogens (tertiary/aromatic N) is 2. The first kappa shape index (κ1) is 32.9. The maximum absolute atomic E-state index is 14.1. The fourth-order valence-corrected chi connectivity index (χ4v) is 3.77. The molecule has 0 aliphatic rings. The fourth-order valence-electron chi connectivity index (χ4n) is 3.77. The van der Waals surface area contributed by atoms with E-state index in [9.17, 15) is 4.39 Å². The molecule has 0 amide bonds. The Morgan fingerprint density at radius 2 is 1.67 bits per heavy atom. The Labute approximate surface area is 220 Å². The highest BCUT2D eigenvalue weighted by Crippen LogP contribution is 2.26. The molecule has 0 unspecified atom stereocenters. The van der Waals surface area contributed by atoms with E-state index in [1.54, 1.807) is 37.7 Å². The Morgan fingerprint density at radius 3 is 2.17 bits per heavy atom. The minimum Gasteiger partial charge on any atom is -0.296 e. The maximum Gasteiger partial charge on any atom is 0.132 e. The van der Waals surface area contributed by atoms with Crippen LogP contribution in [0.3, 0.4) is 0 Å². The van der Waals surface area contributed by atoms with E-state index in [2.05, 4.69) is 37.3 Å². The summed E-state index contributed by atoms with van der Waals surface area (Å²) in [5.41, 5.74) is 5.02. The molecule has 0 bridgehead atoms. The molecule has 3 heteroatoms. The number of aliphatic imine (C=N–C) groups is 1.